The topological polar surface area (TPSA) is 50.8 Å². The zero-order chi connectivity index (χ0) is 25.8. The van der Waals surface area contributed by atoms with E-state index in [0.717, 1.165) is 103 Å². The molecule has 1 saturated heterocycles. The maximum atomic E-state index is 6.50. The number of aromatic nitrogens is 1. The number of hydrogen-bond donors (Lipinski definition) is 1. The van der Waals surface area contributed by atoms with E-state index in [2.05, 4.69) is 73.1 Å². The molecule has 1 N–H and O–H groups in total. The van der Waals surface area contributed by atoms with Gasteiger partial charge in [0, 0.05) is 12.6 Å². The van der Waals surface area contributed by atoms with E-state index in [9.17, 15) is 0 Å². The summed E-state index contributed by atoms with van der Waals surface area (Å²) in [6, 6.07) is 14.8. The van der Waals surface area contributed by atoms with Gasteiger partial charge in [-0.15, -0.1) is 0 Å². The highest BCUT2D eigenvalue weighted by molar-refractivity contribution is 6.11. The highest BCUT2D eigenvalue weighted by Crippen LogP contribution is 2.37. The molecule has 0 amide bonds. The van der Waals surface area contributed by atoms with Crippen LogP contribution in [0, 0.1) is 0 Å². The summed E-state index contributed by atoms with van der Waals surface area (Å²) in [5, 5.41) is 6.00. The molecule has 7 nitrogen and oxygen atoms in total. The SMILES string of the molecule is CCN(CC)CCCNc1c2ccccc2[n+](C)c2c1oc1ccc(OCC[N+]3(C)CCOCC3)cc12.[I-].[I-]. The molecular weight excluding hydrogens is 718 g/mol. The molecule has 5 rings (SSSR count). The van der Waals surface area contributed by atoms with Crippen LogP contribution >= 0.6 is 0 Å². The number of anilines is 1. The van der Waals surface area contributed by atoms with Crippen molar-refractivity contribution in [2.24, 2.45) is 7.05 Å². The van der Waals surface area contributed by atoms with Crippen LogP contribution in [0.5, 0.6) is 5.75 Å². The second-order valence-corrected chi connectivity index (χ2v) is 10.4. The number of rotatable bonds is 11. The minimum Gasteiger partial charge on any atom is -1.00 e. The third kappa shape index (κ3) is 7.09. The Kier molecular flexibility index (Phi) is 11.9. The molecule has 0 atom stereocenters. The predicted molar refractivity (Wildman–Crippen MR) is 150 cm³/mol. The molecule has 9 heteroatoms. The molecule has 1 aliphatic heterocycles. The van der Waals surface area contributed by atoms with Crippen LogP contribution < -0.4 is 62.6 Å². The minimum absolute atomic E-state index is 0. The number of fused-ring (bicyclic) bond motifs is 4. The Bertz CT molecular complexity index is 1370. The number of ether oxygens (including phenoxy) is 2. The zero-order valence-corrected chi connectivity index (χ0v) is 28.0. The van der Waals surface area contributed by atoms with Crippen LogP contribution in [0.2, 0.25) is 0 Å². The number of para-hydroxylation sites is 1. The normalized spacial score (nSPS) is 14.9. The summed E-state index contributed by atoms with van der Waals surface area (Å²) < 4.78 is 21.5. The van der Waals surface area contributed by atoms with Gasteiger partial charge in [-0.2, -0.15) is 4.57 Å². The Morgan fingerprint density at radius 2 is 1.77 bits per heavy atom. The molecular formula is C30H42I2N4O3. The van der Waals surface area contributed by atoms with Crippen LogP contribution in [0.1, 0.15) is 20.3 Å². The average Bonchev–Trinajstić information content (AvgIpc) is 3.30. The van der Waals surface area contributed by atoms with Gasteiger partial charge in [0.05, 0.1) is 36.7 Å². The highest BCUT2D eigenvalue weighted by Gasteiger charge is 2.26. The number of benzene rings is 2. The lowest BCUT2D eigenvalue weighted by Crippen LogP contribution is -3.00. The molecule has 0 aliphatic carbocycles. The fourth-order valence-corrected chi connectivity index (χ4v) is 5.50. The average molecular weight is 760 g/mol. The van der Waals surface area contributed by atoms with Crippen LogP contribution in [-0.2, 0) is 11.8 Å². The fourth-order valence-electron chi connectivity index (χ4n) is 5.50. The molecule has 0 radical (unpaired) electrons. The van der Waals surface area contributed by atoms with Crippen LogP contribution in [0.3, 0.4) is 0 Å². The quantitative estimate of drug-likeness (QED) is 0.0882. The van der Waals surface area contributed by atoms with Gasteiger partial charge in [0.15, 0.2) is 0 Å². The molecule has 0 bridgehead atoms. The predicted octanol–water partition coefficient (Wildman–Crippen LogP) is -1.43. The van der Waals surface area contributed by atoms with Gasteiger partial charge in [-0.25, -0.2) is 0 Å². The van der Waals surface area contributed by atoms with Crippen molar-refractivity contribution in [3.05, 3.63) is 42.5 Å². The van der Waals surface area contributed by atoms with Gasteiger partial charge in [-0.05, 0) is 50.3 Å². The van der Waals surface area contributed by atoms with Crippen molar-refractivity contribution in [3.63, 3.8) is 0 Å². The fraction of sp³-hybridized carbons (Fsp3) is 0.500. The molecule has 3 heterocycles. The van der Waals surface area contributed by atoms with Crippen molar-refractivity contribution in [3.8, 4) is 5.75 Å². The lowest BCUT2D eigenvalue weighted by Gasteiger charge is -2.37. The summed E-state index contributed by atoms with van der Waals surface area (Å²) in [5.74, 6) is 0.886. The van der Waals surface area contributed by atoms with E-state index >= 15 is 0 Å². The van der Waals surface area contributed by atoms with Crippen molar-refractivity contribution >= 4 is 38.7 Å². The monoisotopic (exact) mass is 760 g/mol. The van der Waals surface area contributed by atoms with E-state index in [0.29, 0.717) is 6.61 Å². The number of hydrogen-bond acceptors (Lipinski definition) is 5. The second kappa shape index (κ2) is 14.5. The van der Waals surface area contributed by atoms with Crippen molar-refractivity contribution in [1.29, 1.82) is 0 Å². The highest BCUT2D eigenvalue weighted by atomic mass is 127. The van der Waals surface area contributed by atoms with Gasteiger partial charge in [-0.3, -0.25) is 0 Å². The standard InChI is InChI=1S/C30H41N4O3.2HI/c1-5-33(6-2)15-9-14-31-28-24-10-7-8-11-26(24)32(3)29-25-22-23(12-13-27(25)37-30(28)29)36-21-18-34(4)16-19-35-20-17-34;;/h7-8,10-13,22H,5-6,9,14-21H2,1-4H3;2*1H/q+1;;/p-1. The van der Waals surface area contributed by atoms with E-state index in [4.69, 9.17) is 13.9 Å². The molecule has 0 saturated carbocycles. The van der Waals surface area contributed by atoms with Crippen LogP contribution in [-0.4, -0.2) is 82.1 Å². The van der Waals surface area contributed by atoms with Gasteiger partial charge < -0.3 is 76.5 Å². The number of halogens is 2. The molecule has 0 unspecified atom stereocenters. The van der Waals surface area contributed by atoms with Crippen LogP contribution in [0.15, 0.2) is 46.9 Å². The summed E-state index contributed by atoms with van der Waals surface area (Å²) in [6.45, 7) is 14.0. The number of pyridine rings is 1. The number of nitrogens with one attached hydrogen (secondary N) is 1. The molecule has 39 heavy (non-hydrogen) atoms. The Balaban J connectivity index is 0.00000210. The Morgan fingerprint density at radius 3 is 2.51 bits per heavy atom. The first-order valence-corrected chi connectivity index (χ1v) is 13.8. The Hall–Kier alpha value is -1.41. The molecule has 1 aliphatic rings. The van der Waals surface area contributed by atoms with E-state index in [-0.39, 0.29) is 48.0 Å². The first-order valence-electron chi connectivity index (χ1n) is 13.8. The smallest absolute Gasteiger partial charge is 0.261 e. The molecule has 2 aromatic heterocycles. The van der Waals surface area contributed by atoms with Crippen molar-refractivity contribution in [2.75, 3.05) is 78.0 Å². The maximum Gasteiger partial charge on any atom is 0.261 e. The number of nitrogens with zero attached hydrogens (tertiary/aromatic N) is 3. The number of morpholine rings is 1. The summed E-state index contributed by atoms with van der Waals surface area (Å²) in [7, 11) is 4.42. The molecule has 214 valence electrons. The lowest BCUT2D eigenvalue weighted by atomic mass is 10.1. The molecule has 4 aromatic rings. The summed E-state index contributed by atoms with van der Waals surface area (Å²) >= 11 is 0. The Labute approximate surface area is 266 Å². The first-order chi connectivity index (χ1) is 18.0. The number of quaternary nitrogens is 1. The van der Waals surface area contributed by atoms with Crippen molar-refractivity contribution in [2.45, 2.75) is 20.3 Å². The maximum absolute atomic E-state index is 6.50. The lowest BCUT2D eigenvalue weighted by molar-refractivity contribution is -0.916. The molecule has 2 aromatic carbocycles. The Morgan fingerprint density at radius 1 is 1.03 bits per heavy atom. The second-order valence-electron chi connectivity index (χ2n) is 10.4. The van der Waals surface area contributed by atoms with E-state index in [1.807, 2.05) is 12.1 Å². The summed E-state index contributed by atoms with van der Waals surface area (Å²) in [6.07, 6.45) is 1.08. The van der Waals surface area contributed by atoms with Crippen LogP contribution in [0.4, 0.5) is 5.69 Å². The van der Waals surface area contributed by atoms with Crippen molar-refractivity contribution < 1.29 is 70.9 Å². The first kappa shape index (κ1) is 32.1. The van der Waals surface area contributed by atoms with Gasteiger partial charge in [0.2, 0.25) is 11.1 Å². The van der Waals surface area contributed by atoms with E-state index < -0.39 is 0 Å². The van der Waals surface area contributed by atoms with Gasteiger partial charge >= 0.3 is 0 Å². The van der Waals surface area contributed by atoms with E-state index in [1.54, 1.807) is 0 Å². The zero-order valence-electron chi connectivity index (χ0n) is 23.6. The van der Waals surface area contributed by atoms with Gasteiger partial charge in [0.25, 0.3) is 5.52 Å². The van der Waals surface area contributed by atoms with E-state index in [1.165, 1.54) is 10.9 Å². The van der Waals surface area contributed by atoms with Crippen molar-refractivity contribution in [1.82, 2.24) is 4.90 Å². The number of aryl methyl sites for hydroxylation is 1. The number of likely N-dealkylation sites (N-methyl/N-ethyl adjacent to an activating group) is 1. The summed E-state index contributed by atoms with van der Waals surface area (Å²) in [5.41, 5.74) is 5.14. The number of furan rings is 1. The van der Waals surface area contributed by atoms with Crippen LogP contribution in [0.25, 0.3) is 33.0 Å². The summed E-state index contributed by atoms with van der Waals surface area (Å²) in [4.78, 5) is 2.46. The largest absolute Gasteiger partial charge is 1.00 e. The minimum atomic E-state index is 0. The molecule has 0 spiro atoms. The molecule has 1 fully saturated rings. The third-order valence-corrected chi connectivity index (χ3v) is 8.03. The van der Waals surface area contributed by atoms with Gasteiger partial charge in [-0.1, -0.05) is 26.0 Å². The van der Waals surface area contributed by atoms with Gasteiger partial charge in [0.1, 0.15) is 44.6 Å². The third-order valence-electron chi connectivity index (χ3n) is 8.03.